The molecule has 0 aliphatic carbocycles. The van der Waals surface area contributed by atoms with E-state index in [1.54, 1.807) is 68.6 Å². The minimum absolute atomic E-state index is 0.00858. The van der Waals surface area contributed by atoms with Crippen LogP contribution in [0.1, 0.15) is 69.2 Å². The van der Waals surface area contributed by atoms with Crippen LogP contribution in [0.3, 0.4) is 0 Å². The van der Waals surface area contributed by atoms with Crippen LogP contribution in [0.5, 0.6) is 0 Å². The number of aliphatic carboxylic acids is 1. The number of benzene rings is 2. The number of guanidine groups is 1. The second-order valence-electron chi connectivity index (χ2n) is 18.2. The number of unbranched alkanes of at least 4 members (excludes halogenated alkanes) is 1. The molecule has 75 heavy (non-hydrogen) atoms. The summed E-state index contributed by atoms with van der Waals surface area (Å²) in [5.74, 6) is -8.87. The number of para-hydroxylation sites is 1. The van der Waals surface area contributed by atoms with E-state index in [4.69, 9.17) is 28.7 Å². The first-order chi connectivity index (χ1) is 35.8. The van der Waals surface area contributed by atoms with Crippen LogP contribution in [0, 0.1) is 5.92 Å². The first-order valence-electron chi connectivity index (χ1n) is 24.4. The zero-order valence-electron chi connectivity index (χ0n) is 41.9. The second kappa shape index (κ2) is 30.0. The van der Waals surface area contributed by atoms with Crippen LogP contribution in [-0.2, 0) is 62.4 Å². The van der Waals surface area contributed by atoms with Crippen molar-refractivity contribution < 1.29 is 48.3 Å². The highest BCUT2D eigenvalue weighted by atomic mass is 16.4. The van der Waals surface area contributed by atoms with Gasteiger partial charge in [0.15, 0.2) is 5.96 Å². The SMILES string of the molecule is CC(C)[C@H](NC(=O)[C@H](CC(=O)O)NC(=O)[C@H](CCCCN)NC(=O)CNC(=O)[C@H](Cc1c[nH]c2ccccc12)NC(=O)[C@H](CCCN=C(N)N)NC(=O)[C@H](Cc1ccccc1)NC(=O)[C@@H](N)Cc1cnc[nH]1)C(N)=O. The maximum Gasteiger partial charge on any atom is 0.305 e. The standard InChI is InChI=1S/C49H70N16O10/c1-27(2)41(42(52)69)65-48(75)38(22-40(67)68)64-45(72)34(15-8-9-17-50)60-39(66)25-58-44(71)37(20-29-23-57-33-14-7-6-13-31(29)33)63-46(73)35(16-10-18-56-49(53)54)61-47(74)36(19-28-11-4-3-5-12-28)62-43(70)32(51)21-30-24-55-26-59-30/h3-7,11-14,23-24,26-27,32,34-38,41,57H,8-10,15-22,25,50-51H2,1-2H3,(H2,52,69)(H,55,59)(H,58,71)(H,60,66)(H,61,74)(H,62,70)(H,63,73)(H,64,72)(H,65,75)(H,67,68)(H4,53,54,56)/t32-,34-,35-,36-,37-,38-,41-/m0/s1. The number of nitrogens with zero attached hydrogens (tertiary/aromatic N) is 2. The van der Waals surface area contributed by atoms with E-state index in [0.29, 0.717) is 29.7 Å². The summed E-state index contributed by atoms with van der Waals surface area (Å²) in [5.41, 5.74) is 31.0. The fourth-order valence-corrected chi connectivity index (χ4v) is 7.88. The van der Waals surface area contributed by atoms with E-state index in [0.717, 1.165) is 10.9 Å². The quantitative estimate of drug-likeness (QED) is 0.0132. The van der Waals surface area contributed by atoms with Gasteiger partial charge in [-0.2, -0.15) is 0 Å². The molecule has 8 amide bonds. The summed E-state index contributed by atoms with van der Waals surface area (Å²) in [6, 6.07) is 6.79. The Hall–Kier alpha value is -8.39. The van der Waals surface area contributed by atoms with Gasteiger partial charge >= 0.3 is 5.97 Å². The average Bonchev–Trinajstić information content (AvgIpc) is 4.04. The molecule has 0 unspecified atom stereocenters. The lowest BCUT2D eigenvalue weighted by atomic mass is 10.0. The van der Waals surface area contributed by atoms with Crippen molar-refractivity contribution in [1.29, 1.82) is 0 Å². The Balaban J connectivity index is 1.58. The molecule has 4 aromatic rings. The molecule has 406 valence electrons. The molecule has 0 bridgehead atoms. The number of hydrogen-bond acceptors (Lipinski definition) is 13. The van der Waals surface area contributed by atoms with Gasteiger partial charge in [-0.25, -0.2) is 4.98 Å². The number of hydrogen-bond donors (Lipinski definition) is 15. The minimum atomic E-state index is -1.68. The van der Waals surface area contributed by atoms with Crippen LogP contribution in [0.25, 0.3) is 10.9 Å². The lowest BCUT2D eigenvalue weighted by Crippen LogP contribution is -2.59. The third-order valence-corrected chi connectivity index (χ3v) is 11.9. The molecule has 26 nitrogen and oxygen atoms in total. The van der Waals surface area contributed by atoms with Gasteiger partial charge in [0.25, 0.3) is 0 Å². The van der Waals surface area contributed by atoms with Crippen LogP contribution in [0.2, 0.25) is 0 Å². The molecular formula is C49H70N16O10. The topological polar surface area (TPSA) is 445 Å². The fourth-order valence-electron chi connectivity index (χ4n) is 7.88. The number of primary amides is 1. The molecule has 2 aromatic heterocycles. The van der Waals surface area contributed by atoms with Crippen molar-refractivity contribution in [3.63, 3.8) is 0 Å². The lowest BCUT2D eigenvalue weighted by molar-refractivity contribution is -0.141. The summed E-state index contributed by atoms with van der Waals surface area (Å²) in [6.45, 7) is 2.79. The Morgan fingerprint density at radius 1 is 0.667 bits per heavy atom. The van der Waals surface area contributed by atoms with Gasteiger partial charge in [0.05, 0.1) is 25.3 Å². The van der Waals surface area contributed by atoms with E-state index in [-0.39, 0.29) is 57.6 Å². The summed E-state index contributed by atoms with van der Waals surface area (Å²) in [4.78, 5) is 135. The second-order valence-corrected chi connectivity index (χ2v) is 18.2. The molecule has 2 heterocycles. The highest BCUT2D eigenvalue weighted by Crippen LogP contribution is 2.20. The number of fused-ring (bicyclic) bond motifs is 1. The van der Waals surface area contributed by atoms with E-state index in [9.17, 15) is 48.3 Å². The summed E-state index contributed by atoms with van der Waals surface area (Å²) in [7, 11) is 0. The van der Waals surface area contributed by atoms with Gasteiger partial charge in [0.1, 0.15) is 36.3 Å². The zero-order valence-corrected chi connectivity index (χ0v) is 41.9. The predicted molar refractivity (Wildman–Crippen MR) is 276 cm³/mol. The molecule has 20 N–H and O–H groups in total. The molecule has 0 spiro atoms. The van der Waals surface area contributed by atoms with E-state index in [2.05, 4.69) is 57.2 Å². The van der Waals surface area contributed by atoms with Gasteiger partial charge in [-0.15, -0.1) is 0 Å². The Morgan fingerprint density at radius 3 is 1.91 bits per heavy atom. The van der Waals surface area contributed by atoms with Crippen LogP contribution in [0.15, 0.2) is 78.3 Å². The molecule has 0 fully saturated rings. The van der Waals surface area contributed by atoms with Crippen molar-refractivity contribution in [3.05, 3.63) is 90.1 Å². The number of rotatable bonds is 32. The monoisotopic (exact) mass is 1040 g/mol. The molecule has 0 radical (unpaired) electrons. The minimum Gasteiger partial charge on any atom is -0.481 e. The molecular weight excluding hydrogens is 973 g/mol. The number of nitrogens with two attached hydrogens (primary N) is 5. The molecule has 0 saturated heterocycles. The van der Waals surface area contributed by atoms with Crippen molar-refractivity contribution in [3.8, 4) is 0 Å². The first-order valence-corrected chi connectivity index (χ1v) is 24.4. The van der Waals surface area contributed by atoms with E-state index < -0.39 is 114 Å². The van der Waals surface area contributed by atoms with E-state index in [1.807, 2.05) is 6.07 Å². The Kier molecular flexibility index (Phi) is 23.6. The van der Waals surface area contributed by atoms with Crippen molar-refractivity contribution in [2.75, 3.05) is 19.6 Å². The average molecular weight is 1040 g/mol. The molecule has 0 saturated carbocycles. The Morgan fingerprint density at radius 2 is 1.27 bits per heavy atom. The normalized spacial score (nSPS) is 13.9. The van der Waals surface area contributed by atoms with Crippen LogP contribution < -0.4 is 65.9 Å². The molecule has 7 atom stereocenters. The van der Waals surface area contributed by atoms with E-state index >= 15 is 0 Å². The number of carboxylic acids is 1. The number of carbonyl (C=O) groups excluding carboxylic acids is 8. The number of carboxylic acid groups (broad SMARTS) is 1. The zero-order chi connectivity index (χ0) is 55.0. The molecule has 2 aromatic carbocycles. The van der Waals surface area contributed by atoms with E-state index in [1.165, 1.54) is 12.5 Å². The maximum absolute atomic E-state index is 14.5. The number of aromatic nitrogens is 3. The van der Waals surface area contributed by atoms with Crippen molar-refractivity contribution in [2.45, 2.75) is 114 Å². The number of imidazole rings is 1. The van der Waals surface area contributed by atoms with Gasteiger partial charge < -0.3 is 81.0 Å². The largest absolute Gasteiger partial charge is 0.481 e. The van der Waals surface area contributed by atoms with Crippen molar-refractivity contribution in [1.82, 2.24) is 52.2 Å². The predicted octanol–water partition coefficient (Wildman–Crippen LogP) is -2.93. The summed E-state index contributed by atoms with van der Waals surface area (Å²) in [5, 5.41) is 28.2. The molecule has 4 rings (SSSR count). The van der Waals surface area contributed by atoms with Crippen LogP contribution in [0.4, 0.5) is 0 Å². The number of carbonyl (C=O) groups is 9. The number of aromatic amines is 2. The van der Waals surface area contributed by atoms with Gasteiger partial charge in [-0.3, -0.25) is 48.1 Å². The van der Waals surface area contributed by atoms with Crippen LogP contribution in [-0.4, -0.2) is 141 Å². The molecule has 26 heteroatoms. The number of nitrogens with one attached hydrogen (secondary N) is 9. The van der Waals surface area contributed by atoms with Crippen molar-refractivity contribution in [2.24, 2.45) is 39.6 Å². The Labute approximate surface area is 432 Å². The molecule has 0 aliphatic heterocycles. The fraction of sp³-hybridized carbons (Fsp3) is 0.449. The van der Waals surface area contributed by atoms with Crippen LogP contribution >= 0.6 is 0 Å². The highest BCUT2D eigenvalue weighted by Gasteiger charge is 2.34. The Bertz CT molecular complexity index is 2590. The first kappa shape index (κ1) is 59.2. The van der Waals surface area contributed by atoms with Gasteiger partial charge in [0.2, 0.25) is 47.3 Å². The number of H-pyrrole nitrogens is 2. The number of aliphatic imine (C=N–C) groups is 1. The molecule has 0 aliphatic rings. The van der Waals surface area contributed by atoms with Gasteiger partial charge in [0, 0.05) is 54.8 Å². The van der Waals surface area contributed by atoms with Gasteiger partial charge in [-0.1, -0.05) is 62.4 Å². The maximum atomic E-state index is 14.5. The highest BCUT2D eigenvalue weighted by molar-refractivity contribution is 5.98. The third-order valence-electron chi connectivity index (χ3n) is 11.9. The summed E-state index contributed by atoms with van der Waals surface area (Å²) < 4.78 is 0. The smallest absolute Gasteiger partial charge is 0.305 e. The lowest BCUT2D eigenvalue weighted by Gasteiger charge is -2.26. The van der Waals surface area contributed by atoms with Gasteiger partial charge in [-0.05, 0) is 61.8 Å². The van der Waals surface area contributed by atoms with Crippen molar-refractivity contribution >= 4 is 70.1 Å². The summed E-state index contributed by atoms with van der Waals surface area (Å²) >= 11 is 0. The number of amides is 8. The third kappa shape index (κ3) is 19.9. The summed E-state index contributed by atoms with van der Waals surface area (Å²) in [6.07, 6.45) is 4.57.